The molecular formula is C27H35N3O7S. The van der Waals surface area contributed by atoms with Crippen molar-refractivity contribution in [2.75, 3.05) is 55.0 Å². The fourth-order valence-electron chi connectivity index (χ4n) is 4.29. The zero-order valence-corrected chi connectivity index (χ0v) is 23.4. The molecule has 1 atom stereocenters. The summed E-state index contributed by atoms with van der Waals surface area (Å²) >= 11 is 0. The van der Waals surface area contributed by atoms with Crippen LogP contribution in [0.5, 0.6) is 11.5 Å². The van der Waals surface area contributed by atoms with Gasteiger partial charge in [0.05, 0.1) is 30.2 Å². The second kappa shape index (κ2) is 12.0. The molecule has 11 heteroatoms. The lowest BCUT2D eigenvalue weighted by Gasteiger charge is -2.26. The molecule has 1 fully saturated rings. The number of Topliss-reactive ketones (excluding diaryl/α,β-unsaturated/α-hetero) is 1. The van der Waals surface area contributed by atoms with Crippen molar-refractivity contribution in [3.8, 4) is 11.5 Å². The van der Waals surface area contributed by atoms with Crippen molar-refractivity contribution >= 4 is 27.5 Å². The van der Waals surface area contributed by atoms with Crippen LogP contribution >= 0.6 is 0 Å². The summed E-state index contributed by atoms with van der Waals surface area (Å²) in [6.07, 6.45) is 0.613. The number of carbonyl (C=O) groups excluding carboxylic acids is 2. The Kier molecular flexibility index (Phi) is 9.18. The molecule has 2 aromatic rings. The third-order valence-electron chi connectivity index (χ3n) is 6.25. The summed E-state index contributed by atoms with van der Waals surface area (Å²) in [6, 6.07) is 9.81. The first-order chi connectivity index (χ1) is 17.9. The van der Waals surface area contributed by atoms with Crippen molar-refractivity contribution in [1.82, 2.24) is 14.1 Å². The van der Waals surface area contributed by atoms with E-state index >= 15 is 0 Å². The maximum absolute atomic E-state index is 13.3. The molecule has 1 aliphatic rings. The molecule has 1 N–H and O–H groups in total. The van der Waals surface area contributed by atoms with Gasteiger partial charge in [-0.3, -0.25) is 9.59 Å². The van der Waals surface area contributed by atoms with Crippen molar-refractivity contribution < 1.29 is 32.6 Å². The van der Waals surface area contributed by atoms with E-state index in [1.54, 1.807) is 18.2 Å². The number of aliphatic hydroxyl groups excluding tert-OH is 1. The Balaban J connectivity index is 2.14. The van der Waals surface area contributed by atoms with E-state index in [1.165, 1.54) is 50.4 Å². The van der Waals surface area contributed by atoms with Crippen LogP contribution < -0.4 is 9.47 Å². The van der Waals surface area contributed by atoms with Crippen LogP contribution in [-0.4, -0.2) is 94.3 Å². The first kappa shape index (κ1) is 29.2. The van der Waals surface area contributed by atoms with Crippen LogP contribution in [0, 0.1) is 0 Å². The highest BCUT2D eigenvalue weighted by Gasteiger charge is 2.46. The van der Waals surface area contributed by atoms with E-state index in [4.69, 9.17) is 9.47 Å². The SMILES string of the molecule is CCOc1ccc([C@@H]2/C(=C(\O)c3ccc(S(=O)(=O)N(C)C)cc3)C(=O)C(=O)N2CCCN(C)C)cc1OC. The molecule has 10 nitrogen and oxygen atoms in total. The third-order valence-corrected chi connectivity index (χ3v) is 8.08. The summed E-state index contributed by atoms with van der Waals surface area (Å²) in [5.74, 6) is -0.960. The molecule has 38 heavy (non-hydrogen) atoms. The summed E-state index contributed by atoms with van der Waals surface area (Å²) < 4.78 is 37.1. The van der Waals surface area contributed by atoms with Crippen LogP contribution in [-0.2, 0) is 19.6 Å². The predicted molar refractivity (Wildman–Crippen MR) is 144 cm³/mol. The highest BCUT2D eigenvalue weighted by molar-refractivity contribution is 7.89. The zero-order chi connectivity index (χ0) is 28.2. The minimum atomic E-state index is -3.68. The van der Waals surface area contributed by atoms with Gasteiger partial charge in [-0.25, -0.2) is 12.7 Å². The van der Waals surface area contributed by atoms with Gasteiger partial charge in [0, 0.05) is 26.2 Å². The maximum Gasteiger partial charge on any atom is 0.295 e. The smallest absolute Gasteiger partial charge is 0.295 e. The van der Waals surface area contributed by atoms with Crippen LogP contribution in [0.4, 0.5) is 0 Å². The molecule has 0 spiro atoms. The summed E-state index contributed by atoms with van der Waals surface area (Å²) in [7, 11) is 4.51. The Bertz CT molecular complexity index is 1320. The normalized spacial score (nSPS) is 17.5. The lowest BCUT2D eigenvalue weighted by molar-refractivity contribution is -0.139. The van der Waals surface area contributed by atoms with E-state index in [9.17, 15) is 23.1 Å². The van der Waals surface area contributed by atoms with Crippen molar-refractivity contribution in [3.05, 3.63) is 59.2 Å². The van der Waals surface area contributed by atoms with Crippen molar-refractivity contribution in [1.29, 1.82) is 0 Å². The predicted octanol–water partition coefficient (Wildman–Crippen LogP) is 2.72. The molecule has 1 saturated heterocycles. The lowest BCUT2D eigenvalue weighted by Crippen LogP contribution is -2.32. The third kappa shape index (κ3) is 5.85. The number of ether oxygens (including phenoxy) is 2. The monoisotopic (exact) mass is 545 g/mol. The first-order valence-electron chi connectivity index (χ1n) is 12.2. The highest BCUT2D eigenvalue weighted by atomic mass is 32.2. The van der Waals surface area contributed by atoms with Crippen molar-refractivity contribution in [2.45, 2.75) is 24.3 Å². The Labute approximate surface area is 224 Å². The molecule has 0 bridgehead atoms. The Morgan fingerprint density at radius 2 is 1.68 bits per heavy atom. The van der Waals surface area contributed by atoms with E-state index in [0.29, 0.717) is 43.2 Å². The largest absolute Gasteiger partial charge is 0.507 e. The molecular weight excluding hydrogens is 510 g/mol. The molecule has 0 unspecified atom stereocenters. The number of ketones is 1. The lowest BCUT2D eigenvalue weighted by atomic mass is 9.95. The van der Waals surface area contributed by atoms with Crippen LogP contribution in [0.3, 0.4) is 0 Å². The van der Waals surface area contributed by atoms with E-state index in [0.717, 1.165) is 4.31 Å². The quantitative estimate of drug-likeness (QED) is 0.260. The molecule has 3 rings (SSSR count). The van der Waals surface area contributed by atoms with Gasteiger partial charge in [-0.15, -0.1) is 0 Å². The molecule has 1 aliphatic heterocycles. The Morgan fingerprint density at radius 1 is 1.03 bits per heavy atom. The van der Waals surface area contributed by atoms with Gasteiger partial charge in [0.1, 0.15) is 5.76 Å². The molecule has 0 saturated carbocycles. The van der Waals surface area contributed by atoms with Gasteiger partial charge in [0.15, 0.2) is 11.5 Å². The summed E-state index contributed by atoms with van der Waals surface area (Å²) in [5, 5.41) is 11.3. The van der Waals surface area contributed by atoms with E-state index in [2.05, 4.69) is 0 Å². The number of likely N-dealkylation sites (tertiary alicyclic amines) is 1. The van der Waals surface area contributed by atoms with Gasteiger partial charge < -0.3 is 24.4 Å². The molecule has 206 valence electrons. The van der Waals surface area contributed by atoms with Crippen molar-refractivity contribution in [3.63, 3.8) is 0 Å². The van der Waals surface area contributed by atoms with Crippen LogP contribution in [0.2, 0.25) is 0 Å². The van der Waals surface area contributed by atoms with Gasteiger partial charge >= 0.3 is 0 Å². The summed E-state index contributed by atoms with van der Waals surface area (Å²) in [4.78, 5) is 29.9. The number of rotatable bonds is 11. The molecule has 0 aliphatic carbocycles. The van der Waals surface area contributed by atoms with Gasteiger partial charge in [0.2, 0.25) is 10.0 Å². The fraction of sp³-hybridized carbons (Fsp3) is 0.407. The first-order valence-corrected chi connectivity index (χ1v) is 13.6. The number of methoxy groups -OCH3 is 1. The van der Waals surface area contributed by atoms with Crippen LogP contribution in [0.15, 0.2) is 52.9 Å². The molecule has 1 amide bonds. The molecule has 0 radical (unpaired) electrons. The zero-order valence-electron chi connectivity index (χ0n) is 22.6. The molecule has 2 aromatic carbocycles. The summed E-state index contributed by atoms with van der Waals surface area (Å²) in [6.45, 7) is 3.27. The number of nitrogens with zero attached hydrogens (tertiary/aromatic N) is 3. The maximum atomic E-state index is 13.3. The number of sulfonamides is 1. The van der Waals surface area contributed by atoms with Crippen LogP contribution in [0.25, 0.3) is 5.76 Å². The van der Waals surface area contributed by atoms with Gasteiger partial charge in [-0.1, -0.05) is 6.07 Å². The van der Waals surface area contributed by atoms with E-state index in [-0.39, 0.29) is 21.8 Å². The highest BCUT2D eigenvalue weighted by Crippen LogP contribution is 2.42. The fourth-order valence-corrected chi connectivity index (χ4v) is 5.20. The van der Waals surface area contributed by atoms with Gasteiger partial charge in [-0.2, -0.15) is 0 Å². The minimum absolute atomic E-state index is 0.0380. The Hall–Kier alpha value is -3.41. The summed E-state index contributed by atoms with van der Waals surface area (Å²) in [5.41, 5.74) is 0.717. The van der Waals surface area contributed by atoms with Crippen molar-refractivity contribution in [2.24, 2.45) is 0 Å². The van der Waals surface area contributed by atoms with Gasteiger partial charge in [0.25, 0.3) is 11.7 Å². The standard InChI is InChI=1S/C27H35N3O7S/c1-7-37-21-14-11-19(17-22(21)36-6)24-23(26(32)27(33)30(24)16-8-15-28(2)3)25(31)18-9-12-20(13-10-18)38(34,35)29(4)5/h9-14,17,24,31H,7-8,15-16H2,1-6H3/b25-23+/t24-/m1/s1. The second-order valence-electron chi connectivity index (χ2n) is 9.30. The van der Waals surface area contributed by atoms with E-state index < -0.39 is 27.8 Å². The number of benzene rings is 2. The molecule has 0 aromatic heterocycles. The number of hydrogen-bond donors (Lipinski definition) is 1. The van der Waals surface area contributed by atoms with Crippen LogP contribution in [0.1, 0.15) is 30.5 Å². The number of hydrogen-bond acceptors (Lipinski definition) is 8. The van der Waals surface area contributed by atoms with E-state index in [1.807, 2.05) is 25.9 Å². The number of amides is 1. The average molecular weight is 546 g/mol. The minimum Gasteiger partial charge on any atom is -0.507 e. The Morgan fingerprint density at radius 3 is 2.24 bits per heavy atom. The second-order valence-corrected chi connectivity index (χ2v) is 11.5. The topological polar surface area (TPSA) is 117 Å². The van der Waals surface area contributed by atoms with Gasteiger partial charge in [-0.05, 0) is 75.9 Å². The molecule has 1 heterocycles. The average Bonchev–Trinajstić information content (AvgIpc) is 3.13. The number of carbonyl (C=O) groups is 2. The number of aliphatic hydroxyl groups is 1.